The number of hydrogen-bond donors (Lipinski definition) is 1. The first kappa shape index (κ1) is 8.02. The zero-order chi connectivity index (χ0) is 7.40. The Morgan fingerprint density at radius 2 is 2.50 bits per heavy atom. The second-order valence-corrected chi connectivity index (χ2v) is 2.87. The van der Waals surface area contributed by atoms with Crippen molar-refractivity contribution in [2.24, 2.45) is 0 Å². The highest BCUT2D eigenvalue weighted by molar-refractivity contribution is 4.67. The van der Waals surface area contributed by atoms with Crippen molar-refractivity contribution in [3.63, 3.8) is 0 Å². The van der Waals surface area contributed by atoms with E-state index in [4.69, 9.17) is 9.84 Å². The first-order valence-corrected chi connectivity index (χ1v) is 3.92. The highest BCUT2D eigenvalue weighted by atomic mass is 16.5. The van der Waals surface area contributed by atoms with Crippen LogP contribution in [0.1, 0.15) is 25.7 Å². The van der Waals surface area contributed by atoms with Gasteiger partial charge in [-0.1, -0.05) is 0 Å². The van der Waals surface area contributed by atoms with E-state index in [1.54, 1.807) is 0 Å². The van der Waals surface area contributed by atoms with E-state index in [0.717, 1.165) is 25.9 Å². The molecule has 10 heavy (non-hydrogen) atoms. The summed E-state index contributed by atoms with van der Waals surface area (Å²) in [5.74, 6) is 0. The molecule has 0 aromatic carbocycles. The smallest absolute Gasteiger partial charge is 0.0577 e. The molecule has 1 aliphatic rings. The fourth-order valence-corrected chi connectivity index (χ4v) is 1.25. The van der Waals surface area contributed by atoms with Crippen LogP contribution < -0.4 is 0 Å². The SMILES string of the molecule is [CH2]C(O)CCC1CCCO1. The maximum absolute atomic E-state index is 8.85. The third-order valence-corrected chi connectivity index (χ3v) is 1.85. The maximum atomic E-state index is 8.85. The Morgan fingerprint density at radius 1 is 1.70 bits per heavy atom. The maximum Gasteiger partial charge on any atom is 0.0577 e. The number of aliphatic hydroxyl groups excluding tert-OH is 1. The van der Waals surface area contributed by atoms with Crippen LogP contribution in [0.3, 0.4) is 0 Å². The lowest BCUT2D eigenvalue weighted by Crippen LogP contribution is -2.09. The fraction of sp³-hybridized carbons (Fsp3) is 0.875. The van der Waals surface area contributed by atoms with E-state index in [9.17, 15) is 0 Å². The summed E-state index contributed by atoms with van der Waals surface area (Å²) in [5.41, 5.74) is 0. The van der Waals surface area contributed by atoms with E-state index in [0.29, 0.717) is 6.10 Å². The molecule has 59 valence electrons. The van der Waals surface area contributed by atoms with Crippen LogP contribution in [-0.4, -0.2) is 23.9 Å². The summed E-state index contributed by atoms with van der Waals surface area (Å²) in [4.78, 5) is 0. The molecule has 0 spiro atoms. The second-order valence-electron chi connectivity index (χ2n) is 2.87. The average Bonchev–Trinajstić information content (AvgIpc) is 2.34. The van der Waals surface area contributed by atoms with Crippen molar-refractivity contribution < 1.29 is 9.84 Å². The van der Waals surface area contributed by atoms with Crippen LogP contribution in [0.5, 0.6) is 0 Å². The van der Waals surface area contributed by atoms with Gasteiger partial charge < -0.3 is 9.84 Å². The van der Waals surface area contributed by atoms with Crippen LogP contribution in [-0.2, 0) is 4.74 Å². The molecule has 1 radical (unpaired) electrons. The first-order valence-electron chi connectivity index (χ1n) is 3.92. The molecular formula is C8H15O2. The third-order valence-electron chi connectivity index (χ3n) is 1.85. The van der Waals surface area contributed by atoms with Gasteiger partial charge in [0.2, 0.25) is 0 Å². The molecular weight excluding hydrogens is 128 g/mol. The van der Waals surface area contributed by atoms with Crippen LogP contribution in [0.15, 0.2) is 0 Å². The molecule has 1 rings (SSSR count). The molecule has 1 aliphatic heterocycles. The fourth-order valence-electron chi connectivity index (χ4n) is 1.25. The van der Waals surface area contributed by atoms with E-state index in [-0.39, 0.29) is 0 Å². The molecule has 2 nitrogen and oxygen atoms in total. The molecule has 1 saturated heterocycles. The minimum Gasteiger partial charge on any atom is -0.393 e. The minimum absolute atomic E-state index is 0.399. The molecule has 0 bridgehead atoms. The number of ether oxygens (including phenoxy) is 1. The van der Waals surface area contributed by atoms with Crippen molar-refractivity contribution in [1.29, 1.82) is 0 Å². The number of aliphatic hydroxyl groups is 1. The summed E-state index contributed by atoms with van der Waals surface area (Å²) in [6.07, 6.45) is 4.06. The van der Waals surface area contributed by atoms with Gasteiger partial charge in [0.1, 0.15) is 0 Å². The molecule has 2 heteroatoms. The summed E-state index contributed by atoms with van der Waals surface area (Å²) < 4.78 is 5.36. The minimum atomic E-state index is -0.413. The van der Waals surface area contributed by atoms with Crippen molar-refractivity contribution in [2.45, 2.75) is 37.9 Å². The lowest BCUT2D eigenvalue weighted by atomic mass is 10.1. The normalized spacial score (nSPS) is 28.8. The summed E-state index contributed by atoms with van der Waals surface area (Å²) in [7, 11) is 0. The van der Waals surface area contributed by atoms with E-state index in [2.05, 4.69) is 6.92 Å². The third kappa shape index (κ3) is 2.67. The molecule has 0 aromatic heterocycles. The number of rotatable bonds is 3. The molecule has 2 atom stereocenters. The molecule has 1 fully saturated rings. The van der Waals surface area contributed by atoms with Gasteiger partial charge in [-0.25, -0.2) is 0 Å². The lowest BCUT2D eigenvalue weighted by Gasteiger charge is -2.09. The Kier molecular flexibility index (Phi) is 3.16. The summed E-state index contributed by atoms with van der Waals surface area (Å²) in [6, 6.07) is 0. The predicted octanol–water partition coefficient (Wildman–Crippen LogP) is 1.14. The highest BCUT2D eigenvalue weighted by Gasteiger charge is 2.15. The molecule has 0 aliphatic carbocycles. The zero-order valence-electron chi connectivity index (χ0n) is 6.25. The van der Waals surface area contributed by atoms with E-state index >= 15 is 0 Å². The van der Waals surface area contributed by atoms with Gasteiger partial charge in [-0.3, -0.25) is 0 Å². The molecule has 2 unspecified atom stereocenters. The van der Waals surface area contributed by atoms with Gasteiger partial charge in [-0.05, 0) is 32.6 Å². The van der Waals surface area contributed by atoms with E-state index in [1.807, 2.05) is 0 Å². The van der Waals surface area contributed by atoms with Gasteiger partial charge >= 0.3 is 0 Å². The van der Waals surface area contributed by atoms with Gasteiger partial charge in [-0.15, -0.1) is 0 Å². The van der Waals surface area contributed by atoms with Crippen molar-refractivity contribution >= 4 is 0 Å². The van der Waals surface area contributed by atoms with Crippen molar-refractivity contribution in [1.82, 2.24) is 0 Å². The van der Waals surface area contributed by atoms with Gasteiger partial charge in [0, 0.05) is 6.61 Å². The Morgan fingerprint density at radius 3 is 3.00 bits per heavy atom. The molecule has 0 saturated carbocycles. The molecule has 0 amide bonds. The Labute approximate surface area is 62.2 Å². The van der Waals surface area contributed by atoms with Crippen LogP contribution in [0.4, 0.5) is 0 Å². The Balaban J connectivity index is 2.01. The molecule has 1 heterocycles. The van der Waals surface area contributed by atoms with Crippen LogP contribution in [0.2, 0.25) is 0 Å². The zero-order valence-corrected chi connectivity index (χ0v) is 6.25. The Bertz CT molecular complexity index is 85.3. The largest absolute Gasteiger partial charge is 0.393 e. The van der Waals surface area contributed by atoms with Crippen molar-refractivity contribution in [3.8, 4) is 0 Å². The topological polar surface area (TPSA) is 29.5 Å². The lowest BCUT2D eigenvalue weighted by molar-refractivity contribution is 0.0893. The molecule has 0 aromatic rings. The molecule has 1 N–H and O–H groups in total. The van der Waals surface area contributed by atoms with Gasteiger partial charge in [-0.2, -0.15) is 0 Å². The summed E-state index contributed by atoms with van der Waals surface area (Å²) in [6.45, 7) is 4.40. The van der Waals surface area contributed by atoms with Crippen molar-refractivity contribution in [2.75, 3.05) is 6.61 Å². The van der Waals surface area contributed by atoms with Gasteiger partial charge in [0.25, 0.3) is 0 Å². The quantitative estimate of drug-likeness (QED) is 0.642. The standard InChI is InChI=1S/C8H15O2/c1-7(9)4-5-8-3-2-6-10-8/h7-9H,1-6H2. The van der Waals surface area contributed by atoms with Gasteiger partial charge in [0.15, 0.2) is 0 Å². The first-order chi connectivity index (χ1) is 4.79. The second kappa shape index (κ2) is 3.94. The van der Waals surface area contributed by atoms with E-state index < -0.39 is 6.10 Å². The number of hydrogen-bond acceptors (Lipinski definition) is 2. The summed E-state index contributed by atoms with van der Waals surface area (Å²) >= 11 is 0. The Hall–Kier alpha value is -0.0800. The van der Waals surface area contributed by atoms with Crippen molar-refractivity contribution in [3.05, 3.63) is 6.92 Å². The predicted molar refractivity (Wildman–Crippen MR) is 39.6 cm³/mol. The monoisotopic (exact) mass is 143 g/mol. The highest BCUT2D eigenvalue weighted by Crippen LogP contribution is 2.17. The van der Waals surface area contributed by atoms with Crippen LogP contribution in [0, 0.1) is 6.92 Å². The van der Waals surface area contributed by atoms with Crippen LogP contribution in [0.25, 0.3) is 0 Å². The summed E-state index contributed by atoms with van der Waals surface area (Å²) in [5, 5.41) is 8.85. The van der Waals surface area contributed by atoms with E-state index in [1.165, 1.54) is 6.42 Å². The average molecular weight is 143 g/mol. The van der Waals surface area contributed by atoms with Gasteiger partial charge in [0.05, 0.1) is 12.2 Å². The van der Waals surface area contributed by atoms with Crippen LogP contribution >= 0.6 is 0 Å².